The highest BCUT2D eigenvalue weighted by Crippen LogP contribution is 2.37. The van der Waals surface area contributed by atoms with Crippen molar-refractivity contribution in [3.63, 3.8) is 0 Å². The molecule has 2 heterocycles. The molecule has 3 rings (SSSR count). The lowest BCUT2D eigenvalue weighted by Gasteiger charge is -2.38. The molecule has 5 nitrogen and oxygen atoms in total. The minimum Gasteiger partial charge on any atom is -0.490 e. The summed E-state index contributed by atoms with van der Waals surface area (Å²) >= 11 is 0. The van der Waals surface area contributed by atoms with E-state index in [0.717, 1.165) is 25.7 Å². The van der Waals surface area contributed by atoms with Crippen LogP contribution in [0.25, 0.3) is 0 Å². The maximum absolute atomic E-state index is 12.9. The Kier molecular flexibility index (Phi) is 4.50. The summed E-state index contributed by atoms with van der Waals surface area (Å²) < 4.78 is 23.7. The predicted octanol–water partition coefficient (Wildman–Crippen LogP) is 2.29. The van der Waals surface area contributed by atoms with E-state index in [2.05, 4.69) is 0 Å². The van der Waals surface area contributed by atoms with Crippen molar-refractivity contribution in [3.05, 3.63) is 30.1 Å². The Morgan fingerprint density at radius 2 is 1.78 bits per heavy atom. The van der Waals surface area contributed by atoms with E-state index in [1.807, 2.05) is 4.90 Å². The Labute approximate surface area is 134 Å². The molecule has 0 N–H and O–H groups in total. The summed E-state index contributed by atoms with van der Waals surface area (Å²) in [6.45, 7) is 1.11. The molecule has 0 radical (unpaired) electrons. The van der Waals surface area contributed by atoms with Crippen molar-refractivity contribution in [2.45, 2.75) is 50.8 Å². The highest BCUT2D eigenvalue weighted by atomic mass is 19.1. The van der Waals surface area contributed by atoms with Gasteiger partial charge in [0, 0.05) is 31.8 Å². The third-order valence-electron chi connectivity index (χ3n) is 4.49. The molecule has 2 aliphatic rings. The minimum atomic E-state index is -0.444. The summed E-state index contributed by atoms with van der Waals surface area (Å²) in [6, 6.07) is 6.25. The number of hydrogen-bond donors (Lipinski definition) is 0. The van der Waals surface area contributed by atoms with Crippen molar-refractivity contribution in [1.29, 1.82) is 0 Å². The summed E-state index contributed by atoms with van der Waals surface area (Å²) in [5.74, 6) is -0.216. The van der Waals surface area contributed by atoms with Crippen LogP contribution >= 0.6 is 0 Å². The molecule has 2 atom stereocenters. The largest absolute Gasteiger partial charge is 0.490 e. The van der Waals surface area contributed by atoms with Crippen LogP contribution in [0.3, 0.4) is 0 Å². The van der Waals surface area contributed by atoms with Gasteiger partial charge in [0.05, 0.1) is 0 Å². The molecule has 2 aliphatic heterocycles. The van der Waals surface area contributed by atoms with Crippen LogP contribution in [0, 0.1) is 5.82 Å². The van der Waals surface area contributed by atoms with Crippen molar-refractivity contribution < 1.29 is 23.5 Å². The van der Waals surface area contributed by atoms with Crippen LogP contribution in [0.2, 0.25) is 0 Å². The number of piperidine rings is 1. The molecule has 1 amide bonds. The van der Waals surface area contributed by atoms with Gasteiger partial charge >= 0.3 is 5.97 Å². The molecule has 23 heavy (non-hydrogen) atoms. The number of fused-ring (bicyclic) bond motifs is 2. The highest BCUT2D eigenvalue weighted by molar-refractivity contribution is 5.81. The minimum absolute atomic E-state index is 0.0238. The average molecular weight is 321 g/mol. The maximum atomic E-state index is 12.9. The molecule has 6 heteroatoms. The van der Waals surface area contributed by atoms with Crippen LogP contribution in [-0.4, -0.2) is 41.6 Å². The van der Waals surface area contributed by atoms with E-state index in [1.54, 1.807) is 12.1 Å². The number of halogens is 1. The molecule has 2 fully saturated rings. The van der Waals surface area contributed by atoms with E-state index in [1.165, 1.54) is 19.1 Å². The van der Waals surface area contributed by atoms with Crippen LogP contribution in [0.4, 0.5) is 4.39 Å². The molecular formula is C17H20FNO4. The zero-order valence-electron chi connectivity index (χ0n) is 13.0. The zero-order chi connectivity index (χ0) is 16.4. The van der Waals surface area contributed by atoms with E-state index >= 15 is 0 Å². The van der Waals surface area contributed by atoms with Crippen LogP contribution in [0.1, 0.15) is 32.6 Å². The fraction of sp³-hybridized carbons (Fsp3) is 0.529. The molecule has 2 unspecified atom stereocenters. The summed E-state index contributed by atoms with van der Waals surface area (Å²) in [4.78, 5) is 24.9. The summed E-state index contributed by atoms with van der Waals surface area (Å²) in [7, 11) is 0. The third kappa shape index (κ3) is 3.63. The fourth-order valence-corrected chi connectivity index (χ4v) is 3.57. The van der Waals surface area contributed by atoms with Crippen molar-refractivity contribution in [1.82, 2.24) is 4.90 Å². The number of ether oxygens (including phenoxy) is 2. The van der Waals surface area contributed by atoms with Gasteiger partial charge < -0.3 is 14.4 Å². The van der Waals surface area contributed by atoms with Crippen LogP contribution in [0.15, 0.2) is 24.3 Å². The van der Waals surface area contributed by atoms with Crippen LogP contribution < -0.4 is 4.74 Å². The Morgan fingerprint density at radius 3 is 2.35 bits per heavy atom. The number of nitrogens with zero attached hydrogens (tertiary/aromatic N) is 1. The van der Waals surface area contributed by atoms with Gasteiger partial charge in [0.15, 0.2) is 6.61 Å². The Balaban J connectivity index is 1.59. The van der Waals surface area contributed by atoms with Crippen molar-refractivity contribution in [2.75, 3.05) is 6.61 Å². The SMILES string of the molecule is CC(=O)OCC(=O)N1C2CCC1CC(Oc1ccc(F)cc1)C2. The normalized spacial score (nSPS) is 26.0. The quantitative estimate of drug-likeness (QED) is 0.799. The number of carbonyl (C=O) groups is 2. The second-order valence-electron chi connectivity index (χ2n) is 6.13. The van der Waals surface area contributed by atoms with Gasteiger partial charge in [0.25, 0.3) is 5.91 Å². The van der Waals surface area contributed by atoms with Gasteiger partial charge in [-0.1, -0.05) is 0 Å². The monoisotopic (exact) mass is 321 g/mol. The Morgan fingerprint density at radius 1 is 1.17 bits per heavy atom. The van der Waals surface area contributed by atoms with Gasteiger partial charge in [-0.05, 0) is 37.1 Å². The number of hydrogen-bond acceptors (Lipinski definition) is 4. The first kappa shape index (κ1) is 15.8. The molecule has 1 aromatic rings. The Bertz CT molecular complexity index is 575. The summed E-state index contributed by atoms with van der Waals surface area (Å²) in [6.07, 6.45) is 3.41. The van der Waals surface area contributed by atoms with Crippen molar-refractivity contribution >= 4 is 11.9 Å². The second-order valence-corrected chi connectivity index (χ2v) is 6.13. The van der Waals surface area contributed by atoms with Gasteiger partial charge in [-0.25, -0.2) is 4.39 Å². The number of benzene rings is 1. The number of amides is 1. The van der Waals surface area contributed by atoms with Gasteiger partial charge in [-0.15, -0.1) is 0 Å². The lowest BCUT2D eigenvalue weighted by atomic mass is 9.99. The first-order valence-corrected chi connectivity index (χ1v) is 7.89. The highest BCUT2D eigenvalue weighted by Gasteiger charge is 2.44. The molecule has 0 aromatic heterocycles. The van der Waals surface area contributed by atoms with Crippen molar-refractivity contribution in [3.8, 4) is 5.75 Å². The zero-order valence-corrected chi connectivity index (χ0v) is 13.0. The maximum Gasteiger partial charge on any atom is 0.303 e. The third-order valence-corrected chi connectivity index (χ3v) is 4.49. The topological polar surface area (TPSA) is 55.8 Å². The number of rotatable bonds is 4. The molecule has 124 valence electrons. The standard InChI is InChI=1S/C17H20FNO4/c1-11(20)22-10-17(21)19-13-4-5-14(19)9-16(8-13)23-15-6-2-12(18)3-7-15/h2-3,6-7,13-14,16H,4-5,8-10H2,1H3. The lowest BCUT2D eigenvalue weighted by Crippen LogP contribution is -2.50. The van der Waals surface area contributed by atoms with Crippen LogP contribution in [-0.2, 0) is 14.3 Å². The average Bonchev–Trinajstić information content (AvgIpc) is 2.78. The number of esters is 1. The number of carbonyl (C=O) groups excluding carboxylic acids is 2. The second kappa shape index (κ2) is 6.56. The summed E-state index contributed by atoms with van der Waals surface area (Å²) in [5, 5.41) is 0. The van der Waals surface area contributed by atoms with Gasteiger partial charge in [0.2, 0.25) is 0 Å². The van der Waals surface area contributed by atoms with E-state index in [4.69, 9.17) is 9.47 Å². The van der Waals surface area contributed by atoms with Gasteiger partial charge in [-0.2, -0.15) is 0 Å². The van der Waals surface area contributed by atoms with Crippen molar-refractivity contribution in [2.24, 2.45) is 0 Å². The first-order chi connectivity index (χ1) is 11.0. The van der Waals surface area contributed by atoms with E-state index in [0.29, 0.717) is 5.75 Å². The molecule has 0 aliphatic carbocycles. The molecule has 0 saturated carbocycles. The Hall–Kier alpha value is -2.11. The smallest absolute Gasteiger partial charge is 0.303 e. The fourth-order valence-electron chi connectivity index (χ4n) is 3.57. The van der Waals surface area contributed by atoms with E-state index in [-0.39, 0.29) is 36.5 Å². The summed E-state index contributed by atoms with van der Waals surface area (Å²) in [5.41, 5.74) is 0. The molecule has 1 aromatic carbocycles. The molecule has 2 saturated heterocycles. The van der Waals surface area contributed by atoms with Crippen LogP contribution in [0.5, 0.6) is 5.75 Å². The van der Waals surface area contributed by atoms with E-state index < -0.39 is 5.97 Å². The molecule has 2 bridgehead atoms. The first-order valence-electron chi connectivity index (χ1n) is 7.89. The van der Waals surface area contributed by atoms with Gasteiger partial charge in [0.1, 0.15) is 17.7 Å². The molecular weight excluding hydrogens is 301 g/mol. The van der Waals surface area contributed by atoms with Gasteiger partial charge in [-0.3, -0.25) is 9.59 Å². The lowest BCUT2D eigenvalue weighted by molar-refractivity contribution is -0.153. The molecule has 0 spiro atoms. The van der Waals surface area contributed by atoms with E-state index in [9.17, 15) is 14.0 Å². The predicted molar refractivity (Wildman–Crippen MR) is 80.3 cm³/mol.